The molecule has 0 bridgehead atoms. The van der Waals surface area contributed by atoms with E-state index < -0.39 is 76.7 Å². The van der Waals surface area contributed by atoms with Crippen LogP contribution in [0.25, 0.3) is 11.3 Å². The third kappa shape index (κ3) is 5.98. The second kappa shape index (κ2) is 12.0. The van der Waals surface area contributed by atoms with E-state index in [-0.39, 0.29) is 30.3 Å². The standard InChI is InChI=1S/C25H32F3N5O8S/c1-39-24-19(9-15-10-32(25(36)40-15)14-3-5-31(6-4-14)42(2,37)38)41-20(12-34)23(35)22(24)33-11-18(29-30-33)13-7-16(26)21(28)17(27)8-13/h7-8,11,14-15,19-20,22-24,34-35H,3-6,9-10,12H2,1-2H3/t15-,19+,20+,22-,23-,24-/m0/s1. The van der Waals surface area contributed by atoms with Gasteiger partial charge in [-0.25, -0.2) is 35.4 Å². The number of rotatable bonds is 8. The first-order valence-corrected chi connectivity index (χ1v) is 15.2. The molecular weight excluding hydrogens is 587 g/mol. The Hall–Kier alpha value is -2.83. The zero-order chi connectivity index (χ0) is 30.3. The lowest BCUT2D eigenvalue weighted by Gasteiger charge is -2.44. The Labute approximate surface area is 239 Å². The molecule has 3 fully saturated rings. The Morgan fingerprint density at radius 2 is 1.81 bits per heavy atom. The third-order valence-corrected chi connectivity index (χ3v) is 9.36. The minimum absolute atomic E-state index is 0.000675. The summed E-state index contributed by atoms with van der Waals surface area (Å²) in [5, 5.41) is 28.9. The molecule has 0 radical (unpaired) electrons. The van der Waals surface area contributed by atoms with Crippen molar-refractivity contribution in [1.82, 2.24) is 24.2 Å². The lowest BCUT2D eigenvalue weighted by molar-refractivity contribution is -0.217. The Bertz CT molecular complexity index is 1380. The largest absolute Gasteiger partial charge is 0.444 e. The van der Waals surface area contributed by atoms with E-state index in [1.807, 2.05) is 0 Å². The van der Waals surface area contributed by atoms with Gasteiger partial charge in [-0.3, -0.25) is 0 Å². The molecular formula is C25H32F3N5O8S. The number of aromatic nitrogens is 3. The maximum Gasteiger partial charge on any atom is 0.410 e. The smallest absolute Gasteiger partial charge is 0.410 e. The van der Waals surface area contributed by atoms with Gasteiger partial charge in [-0.15, -0.1) is 5.10 Å². The van der Waals surface area contributed by atoms with Gasteiger partial charge in [-0.1, -0.05) is 5.21 Å². The molecule has 232 valence electrons. The van der Waals surface area contributed by atoms with Crippen LogP contribution in [0.5, 0.6) is 0 Å². The Kier molecular flexibility index (Phi) is 8.78. The Balaban J connectivity index is 1.31. The number of amides is 1. The summed E-state index contributed by atoms with van der Waals surface area (Å²) in [7, 11) is -1.94. The minimum Gasteiger partial charge on any atom is -0.444 e. The zero-order valence-electron chi connectivity index (χ0n) is 22.8. The van der Waals surface area contributed by atoms with Crippen molar-refractivity contribution < 1.29 is 50.8 Å². The van der Waals surface area contributed by atoms with Gasteiger partial charge in [0.1, 0.15) is 36.2 Å². The van der Waals surface area contributed by atoms with Crippen molar-refractivity contribution in [3.8, 4) is 11.3 Å². The van der Waals surface area contributed by atoms with E-state index in [1.165, 1.54) is 22.3 Å². The SMILES string of the molecule is CO[C@@H]1[C@@H](n2cc(-c3cc(F)c(F)c(F)c3)nn2)[C@@H](O)[C@@H](CO)O[C@@H]1C[C@H]1CN(C2CCN(S(C)(=O)=O)CC2)C(=O)O1. The molecule has 17 heteroatoms. The monoisotopic (exact) mass is 619 g/mol. The lowest BCUT2D eigenvalue weighted by atomic mass is 9.89. The topological polar surface area (TPSA) is 157 Å². The van der Waals surface area contributed by atoms with Gasteiger partial charge in [0.15, 0.2) is 17.5 Å². The highest BCUT2D eigenvalue weighted by Crippen LogP contribution is 2.36. The Morgan fingerprint density at radius 3 is 2.40 bits per heavy atom. The molecule has 3 saturated heterocycles. The normalized spacial score (nSPS) is 29.7. The average molecular weight is 620 g/mol. The van der Waals surface area contributed by atoms with Crippen LogP contribution in [0.3, 0.4) is 0 Å². The number of benzene rings is 1. The lowest BCUT2D eigenvalue weighted by Crippen LogP contribution is -2.57. The second-order valence-electron chi connectivity index (χ2n) is 10.7. The number of hydrogen-bond acceptors (Lipinski definition) is 10. The number of sulfonamides is 1. The van der Waals surface area contributed by atoms with Gasteiger partial charge >= 0.3 is 6.09 Å². The molecule has 4 heterocycles. The average Bonchev–Trinajstić information content (AvgIpc) is 3.58. The molecule has 2 aromatic rings. The summed E-state index contributed by atoms with van der Waals surface area (Å²) in [6.07, 6.45) is -1.72. The van der Waals surface area contributed by atoms with Crippen LogP contribution in [0.15, 0.2) is 18.3 Å². The number of nitrogens with zero attached hydrogens (tertiary/aromatic N) is 5. The number of piperidine rings is 1. The summed E-state index contributed by atoms with van der Waals surface area (Å²) in [6.45, 7) is 0.259. The van der Waals surface area contributed by atoms with Gasteiger partial charge in [0.25, 0.3) is 0 Å². The van der Waals surface area contributed by atoms with Crippen molar-refractivity contribution in [2.45, 2.75) is 61.9 Å². The van der Waals surface area contributed by atoms with Crippen molar-refractivity contribution >= 4 is 16.1 Å². The number of methoxy groups -OCH3 is 1. The molecule has 3 aliphatic heterocycles. The number of aliphatic hydroxyl groups is 2. The number of carbonyl (C=O) groups excluding carboxylic acids is 1. The number of ether oxygens (including phenoxy) is 3. The van der Waals surface area contributed by atoms with Crippen LogP contribution < -0.4 is 0 Å². The molecule has 0 aliphatic carbocycles. The summed E-state index contributed by atoms with van der Waals surface area (Å²) in [5.41, 5.74) is -0.0792. The Morgan fingerprint density at radius 1 is 1.14 bits per heavy atom. The van der Waals surface area contributed by atoms with Crippen LogP contribution in [-0.4, -0.2) is 125 Å². The van der Waals surface area contributed by atoms with E-state index in [4.69, 9.17) is 14.2 Å². The first kappa shape index (κ1) is 30.6. The molecule has 42 heavy (non-hydrogen) atoms. The first-order valence-electron chi connectivity index (χ1n) is 13.4. The van der Waals surface area contributed by atoms with Gasteiger partial charge in [0, 0.05) is 38.2 Å². The highest BCUT2D eigenvalue weighted by atomic mass is 32.2. The molecule has 1 aromatic carbocycles. The number of carbonyl (C=O) groups is 1. The van der Waals surface area contributed by atoms with E-state index in [1.54, 1.807) is 4.90 Å². The first-order chi connectivity index (χ1) is 19.9. The molecule has 13 nitrogen and oxygen atoms in total. The maximum atomic E-state index is 13.8. The van der Waals surface area contributed by atoms with E-state index in [0.29, 0.717) is 25.9 Å². The van der Waals surface area contributed by atoms with Gasteiger partial charge in [0.2, 0.25) is 10.0 Å². The molecule has 1 aromatic heterocycles. The van der Waals surface area contributed by atoms with Crippen LogP contribution in [0, 0.1) is 17.5 Å². The van der Waals surface area contributed by atoms with Crippen molar-refractivity contribution in [2.24, 2.45) is 0 Å². The molecule has 0 unspecified atom stereocenters. The minimum atomic E-state index is -3.32. The van der Waals surface area contributed by atoms with Crippen LogP contribution in [0.1, 0.15) is 25.3 Å². The fourth-order valence-corrected chi connectivity index (χ4v) is 6.79. The number of halogens is 3. The summed E-state index contributed by atoms with van der Waals surface area (Å²) < 4.78 is 84.6. The fourth-order valence-electron chi connectivity index (χ4n) is 5.92. The predicted molar refractivity (Wildman–Crippen MR) is 138 cm³/mol. The quantitative estimate of drug-likeness (QED) is 0.403. The summed E-state index contributed by atoms with van der Waals surface area (Å²) >= 11 is 0. The fraction of sp³-hybridized carbons (Fsp3) is 0.640. The summed E-state index contributed by atoms with van der Waals surface area (Å²) in [6, 6.07) is 0.369. The second-order valence-corrected chi connectivity index (χ2v) is 12.7. The molecule has 5 rings (SSSR count). The zero-order valence-corrected chi connectivity index (χ0v) is 23.7. The van der Waals surface area contributed by atoms with Crippen molar-refractivity contribution in [3.63, 3.8) is 0 Å². The summed E-state index contributed by atoms with van der Waals surface area (Å²) in [5.74, 6) is -4.42. The van der Waals surface area contributed by atoms with Crippen molar-refractivity contribution in [3.05, 3.63) is 35.8 Å². The molecule has 0 spiro atoms. The van der Waals surface area contributed by atoms with Crippen LogP contribution in [-0.2, 0) is 24.2 Å². The van der Waals surface area contributed by atoms with E-state index in [9.17, 15) is 36.6 Å². The molecule has 1 amide bonds. The number of hydrogen-bond donors (Lipinski definition) is 2. The molecule has 2 N–H and O–H groups in total. The van der Waals surface area contributed by atoms with Crippen molar-refractivity contribution in [2.75, 3.05) is 39.6 Å². The number of cyclic esters (lactones) is 1. The van der Waals surface area contributed by atoms with Gasteiger partial charge in [-0.2, -0.15) is 0 Å². The highest BCUT2D eigenvalue weighted by molar-refractivity contribution is 7.88. The molecule has 6 atom stereocenters. The van der Waals surface area contributed by atoms with Crippen LogP contribution in [0.4, 0.5) is 18.0 Å². The van der Waals surface area contributed by atoms with Gasteiger partial charge in [-0.05, 0) is 25.0 Å². The van der Waals surface area contributed by atoms with E-state index >= 15 is 0 Å². The predicted octanol–water partition coefficient (Wildman–Crippen LogP) is 0.674. The van der Waals surface area contributed by atoms with E-state index in [0.717, 1.165) is 18.4 Å². The maximum absolute atomic E-state index is 13.8. The third-order valence-electron chi connectivity index (χ3n) is 8.06. The van der Waals surface area contributed by atoms with Crippen molar-refractivity contribution in [1.29, 1.82) is 0 Å². The van der Waals surface area contributed by atoms with Crippen LogP contribution in [0.2, 0.25) is 0 Å². The summed E-state index contributed by atoms with van der Waals surface area (Å²) in [4.78, 5) is 14.3. The highest BCUT2D eigenvalue weighted by Gasteiger charge is 2.49. The van der Waals surface area contributed by atoms with Gasteiger partial charge < -0.3 is 29.3 Å². The number of aliphatic hydroxyl groups excluding tert-OH is 2. The van der Waals surface area contributed by atoms with Gasteiger partial charge in [0.05, 0.1) is 31.7 Å². The molecule has 3 aliphatic rings. The molecule has 0 saturated carbocycles. The van der Waals surface area contributed by atoms with Crippen LogP contribution >= 0.6 is 0 Å². The van der Waals surface area contributed by atoms with E-state index in [2.05, 4.69) is 10.3 Å².